The van der Waals surface area contributed by atoms with Crippen LogP contribution in [-0.4, -0.2) is 6.54 Å². The SMILES string of the molecule is CCNC(CC)c1ccc(OCc2ccc(CC)s2)cc1. The van der Waals surface area contributed by atoms with Crippen molar-refractivity contribution < 1.29 is 4.74 Å². The van der Waals surface area contributed by atoms with Crippen LogP contribution in [0, 0.1) is 0 Å². The van der Waals surface area contributed by atoms with E-state index in [1.165, 1.54) is 15.3 Å². The summed E-state index contributed by atoms with van der Waals surface area (Å²) in [6.07, 6.45) is 2.20. The summed E-state index contributed by atoms with van der Waals surface area (Å²) in [5.41, 5.74) is 1.33. The van der Waals surface area contributed by atoms with E-state index >= 15 is 0 Å². The molecule has 0 saturated carbocycles. The monoisotopic (exact) mass is 303 g/mol. The molecule has 1 atom stereocenters. The van der Waals surface area contributed by atoms with Gasteiger partial charge in [-0.2, -0.15) is 0 Å². The van der Waals surface area contributed by atoms with Crippen LogP contribution >= 0.6 is 11.3 Å². The molecule has 0 spiro atoms. The summed E-state index contributed by atoms with van der Waals surface area (Å²) < 4.78 is 5.87. The standard InChI is InChI=1S/C18H25NOS/c1-4-16-11-12-17(21-16)13-20-15-9-7-14(8-10-15)18(5-2)19-6-3/h7-12,18-19H,4-6,13H2,1-3H3. The molecule has 0 fully saturated rings. The van der Waals surface area contributed by atoms with E-state index in [4.69, 9.17) is 4.74 Å². The average Bonchev–Trinajstić information content (AvgIpc) is 2.99. The zero-order valence-electron chi connectivity index (χ0n) is 13.2. The Morgan fingerprint density at radius 1 is 1.00 bits per heavy atom. The Balaban J connectivity index is 1.92. The molecule has 0 radical (unpaired) electrons. The summed E-state index contributed by atoms with van der Waals surface area (Å²) >= 11 is 1.84. The highest BCUT2D eigenvalue weighted by Crippen LogP contribution is 2.22. The lowest BCUT2D eigenvalue weighted by Gasteiger charge is -2.16. The zero-order chi connectivity index (χ0) is 15.1. The van der Waals surface area contributed by atoms with Gasteiger partial charge in [-0.15, -0.1) is 11.3 Å². The van der Waals surface area contributed by atoms with E-state index in [2.05, 4.69) is 62.5 Å². The maximum atomic E-state index is 5.87. The molecule has 0 amide bonds. The van der Waals surface area contributed by atoms with Crippen LogP contribution in [0.2, 0.25) is 0 Å². The molecule has 0 aliphatic carbocycles. The highest BCUT2D eigenvalue weighted by atomic mass is 32.1. The van der Waals surface area contributed by atoms with Crippen molar-refractivity contribution in [3.05, 3.63) is 51.7 Å². The van der Waals surface area contributed by atoms with Crippen LogP contribution in [0.1, 0.15) is 48.6 Å². The lowest BCUT2D eigenvalue weighted by molar-refractivity contribution is 0.309. The fraction of sp³-hybridized carbons (Fsp3) is 0.444. The highest BCUT2D eigenvalue weighted by molar-refractivity contribution is 7.11. The maximum Gasteiger partial charge on any atom is 0.122 e. The molecule has 1 aromatic heterocycles. The van der Waals surface area contributed by atoms with Gasteiger partial charge in [0.2, 0.25) is 0 Å². The first kappa shape index (κ1) is 16.1. The van der Waals surface area contributed by atoms with Crippen LogP contribution in [0.4, 0.5) is 0 Å². The predicted molar refractivity (Wildman–Crippen MR) is 91.2 cm³/mol. The Bertz CT molecular complexity index is 532. The Morgan fingerprint density at radius 3 is 2.29 bits per heavy atom. The van der Waals surface area contributed by atoms with E-state index in [1.807, 2.05) is 11.3 Å². The Morgan fingerprint density at radius 2 is 1.71 bits per heavy atom. The Kier molecular flexibility index (Phi) is 6.27. The van der Waals surface area contributed by atoms with Crippen LogP contribution < -0.4 is 10.1 Å². The van der Waals surface area contributed by atoms with Gasteiger partial charge in [0, 0.05) is 15.8 Å². The summed E-state index contributed by atoms with van der Waals surface area (Å²) in [6.45, 7) is 8.19. The first-order valence-electron chi connectivity index (χ1n) is 7.80. The van der Waals surface area contributed by atoms with Crippen molar-refractivity contribution in [2.24, 2.45) is 0 Å². The van der Waals surface area contributed by atoms with Crippen molar-refractivity contribution in [2.75, 3.05) is 6.54 Å². The molecule has 0 bridgehead atoms. The number of benzene rings is 1. The second-order valence-electron chi connectivity index (χ2n) is 5.10. The lowest BCUT2D eigenvalue weighted by atomic mass is 10.0. The summed E-state index contributed by atoms with van der Waals surface area (Å²) in [5.74, 6) is 0.941. The Hall–Kier alpha value is -1.32. The molecule has 1 heterocycles. The number of rotatable bonds is 8. The van der Waals surface area contributed by atoms with Crippen molar-refractivity contribution in [1.29, 1.82) is 0 Å². The first-order valence-corrected chi connectivity index (χ1v) is 8.62. The van der Waals surface area contributed by atoms with Gasteiger partial charge in [0.25, 0.3) is 0 Å². The summed E-state index contributed by atoms with van der Waals surface area (Å²) in [5, 5.41) is 3.50. The van der Waals surface area contributed by atoms with Crippen molar-refractivity contribution in [3.8, 4) is 5.75 Å². The van der Waals surface area contributed by atoms with Crippen molar-refractivity contribution in [3.63, 3.8) is 0 Å². The van der Waals surface area contributed by atoms with E-state index < -0.39 is 0 Å². The van der Waals surface area contributed by atoms with Crippen molar-refractivity contribution in [1.82, 2.24) is 5.32 Å². The molecule has 0 aliphatic rings. The molecule has 2 aromatic rings. The summed E-state index contributed by atoms with van der Waals surface area (Å²) in [6, 6.07) is 13.3. The fourth-order valence-electron chi connectivity index (χ4n) is 2.39. The third-order valence-corrected chi connectivity index (χ3v) is 4.79. The number of hydrogen-bond donors (Lipinski definition) is 1. The highest BCUT2D eigenvalue weighted by Gasteiger charge is 2.07. The van der Waals surface area contributed by atoms with Gasteiger partial charge in [-0.1, -0.05) is 32.9 Å². The van der Waals surface area contributed by atoms with E-state index in [0.717, 1.165) is 25.1 Å². The molecular weight excluding hydrogens is 278 g/mol. The minimum atomic E-state index is 0.438. The summed E-state index contributed by atoms with van der Waals surface area (Å²) in [7, 11) is 0. The first-order chi connectivity index (χ1) is 10.3. The molecule has 0 aliphatic heterocycles. The molecule has 3 heteroatoms. The predicted octanol–water partition coefficient (Wildman–Crippen LogP) is 4.95. The largest absolute Gasteiger partial charge is 0.488 e. The zero-order valence-corrected chi connectivity index (χ0v) is 14.0. The van der Waals surface area contributed by atoms with Crippen LogP contribution in [0.5, 0.6) is 5.75 Å². The molecule has 2 nitrogen and oxygen atoms in total. The van der Waals surface area contributed by atoms with Gasteiger partial charge >= 0.3 is 0 Å². The Labute approximate surface area is 132 Å². The fourth-order valence-corrected chi connectivity index (χ4v) is 3.26. The van der Waals surface area contributed by atoms with Crippen molar-refractivity contribution >= 4 is 11.3 Å². The van der Waals surface area contributed by atoms with E-state index in [9.17, 15) is 0 Å². The van der Waals surface area contributed by atoms with E-state index in [1.54, 1.807) is 0 Å². The van der Waals surface area contributed by atoms with Crippen LogP contribution in [-0.2, 0) is 13.0 Å². The normalized spacial score (nSPS) is 12.3. The number of aryl methyl sites for hydroxylation is 1. The number of thiophene rings is 1. The van der Waals surface area contributed by atoms with Gasteiger partial charge in [0.15, 0.2) is 0 Å². The third-order valence-electron chi connectivity index (χ3n) is 3.59. The average molecular weight is 303 g/mol. The van der Waals surface area contributed by atoms with Gasteiger partial charge in [-0.25, -0.2) is 0 Å². The maximum absolute atomic E-state index is 5.87. The molecule has 21 heavy (non-hydrogen) atoms. The number of ether oxygens (including phenoxy) is 1. The quantitative estimate of drug-likeness (QED) is 0.745. The van der Waals surface area contributed by atoms with Crippen LogP contribution in [0.3, 0.4) is 0 Å². The molecule has 2 rings (SSSR count). The van der Waals surface area contributed by atoms with Gasteiger partial charge in [0.1, 0.15) is 12.4 Å². The van der Waals surface area contributed by atoms with E-state index in [-0.39, 0.29) is 0 Å². The molecule has 1 N–H and O–H groups in total. The second kappa shape index (κ2) is 8.20. The summed E-state index contributed by atoms with van der Waals surface area (Å²) in [4.78, 5) is 2.70. The molecule has 1 aromatic carbocycles. The minimum absolute atomic E-state index is 0.438. The van der Waals surface area contributed by atoms with Gasteiger partial charge in [0.05, 0.1) is 0 Å². The van der Waals surface area contributed by atoms with Gasteiger partial charge < -0.3 is 10.1 Å². The second-order valence-corrected chi connectivity index (χ2v) is 6.35. The topological polar surface area (TPSA) is 21.3 Å². The molecule has 1 unspecified atom stereocenters. The number of hydrogen-bond acceptors (Lipinski definition) is 3. The molecule has 0 saturated heterocycles. The van der Waals surface area contributed by atoms with Gasteiger partial charge in [-0.3, -0.25) is 0 Å². The van der Waals surface area contributed by atoms with Crippen LogP contribution in [0.25, 0.3) is 0 Å². The van der Waals surface area contributed by atoms with Crippen molar-refractivity contribution in [2.45, 2.75) is 46.3 Å². The van der Waals surface area contributed by atoms with Crippen LogP contribution in [0.15, 0.2) is 36.4 Å². The van der Waals surface area contributed by atoms with Gasteiger partial charge in [-0.05, 0) is 49.2 Å². The third kappa shape index (κ3) is 4.58. The molecular formula is C18H25NOS. The smallest absolute Gasteiger partial charge is 0.122 e. The van der Waals surface area contributed by atoms with E-state index in [0.29, 0.717) is 12.6 Å². The molecule has 114 valence electrons. The lowest BCUT2D eigenvalue weighted by Crippen LogP contribution is -2.19. The number of nitrogens with one attached hydrogen (secondary N) is 1. The minimum Gasteiger partial charge on any atom is -0.488 e.